The molecule has 0 spiro atoms. The maximum absolute atomic E-state index is 2.41. The minimum atomic E-state index is -0.479. The first-order valence-corrected chi connectivity index (χ1v) is 6.06. The van der Waals surface area contributed by atoms with Crippen molar-refractivity contribution in [2.45, 2.75) is 0 Å². The molecule has 1 fully saturated rings. The number of hydrogen-bond acceptors (Lipinski definition) is 0. The summed E-state index contributed by atoms with van der Waals surface area (Å²) in [5.41, 5.74) is 0. The van der Waals surface area contributed by atoms with Gasteiger partial charge in [0.15, 0.2) is 0 Å². The first-order valence-electron chi connectivity index (χ1n) is 3.01. The summed E-state index contributed by atoms with van der Waals surface area (Å²) >= 11 is 0. The third-order valence-electron chi connectivity index (χ3n) is 1.47. The fourth-order valence-electron chi connectivity index (χ4n) is 0.863. The van der Waals surface area contributed by atoms with Gasteiger partial charge in [0.2, 0.25) is 0 Å². The zero-order valence-electron chi connectivity index (χ0n) is 5.59. The monoisotopic (exact) mass is 122 g/mol. The molecule has 0 nitrogen and oxygen atoms in total. The second kappa shape index (κ2) is 2.48. The van der Waals surface area contributed by atoms with Gasteiger partial charge in [-0.2, -0.15) is 0 Å². The minimum Gasteiger partial charge on any atom is -0.0109 e. The molecule has 0 aromatic heterocycles. The maximum atomic E-state index is 2.41. The smallest absolute Gasteiger partial charge is 0.0109 e. The van der Waals surface area contributed by atoms with Crippen molar-refractivity contribution in [3.05, 3.63) is 0 Å². The Bertz CT molecular complexity index is 75.4. The second-order valence-corrected chi connectivity index (χ2v) is 7.57. The summed E-state index contributed by atoms with van der Waals surface area (Å²) in [5, 5.41) is 0. The molecule has 0 atom stereocenters. The highest BCUT2D eigenvalue weighted by molar-refractivity contribution is 7.80. The highest BCUT2D eigenvalue weighted by Gasteiger charge is 2.27. The SMILES string of the molecule is C[P+]1(C)C[B][B][B]C1. The zero-order valence-corrected chi connectivity index (χ0v) is 6.49. The summed E-state index contributed by atoms with van der Waals surface area (Å²) in [6.45, 7) is 4.82. The molecule has 0 saturated carbocycles. The standard InChI is InChI=1S/C4H10B3P/c1-8(2)3-5-7-6-4-8/h3-4H2,1-2H3/q+1. The molecule has 0 aromatic carbocycles. The van der Waals surface area contributed by atoms with Crippen LogP contribution < -0.4 is 0 Å². The Kier molecular flexibility index (Phi) is 2.09. The average molecular weight is 122 g/mol. The van der Waals surface area contributed by atoms with Gasteiger partial charge in [0.1, 0.15) is 14.3 Å². The Labute approximate surface area is 54.8 Å². The van der Waals surface area contributed by atoms with Crippen LogP contribution in [-0.4, -0.2) is 46.9 Å². The summed E-state index contributed by atoms with van der Waals surface area (Å²) in [7, 11) is 6.28. The third kappa shape index (κ3) is 1.86. The van der Waals surface area contributed by atoms with Crippen molar-refractivity contribution in [1.82, 2.24) is 0 Å². The van der Waals surface area contributed by atoms with E-state index in [2.05, 4.69) is 34.7 Å². The van der Waals surface area contributed by atoms with Gasteiger partial charge in [-0.05, 0) is 7.26 Å². The first kappa shape index (κ1) is 6.74. The van der Waals surface area contributed by atoms with Crippen molar-refractivity contribution >= 4 is 28.7 Å². The molecule has 1 heterocycles. The molecule has 1 aliphatic heterocycles. The molecule has 0 unspecified atom stereocenters. The number of rotatable bonds is 0. The van der Waals surface area contributed by atoms with Gasteiger partial charge < -0.3 is 0 Å². The average Bonchev–Trinajstić information content (AvgIpc) is 1.65. The molecule has 8 heavy (non-hydrogen) atoms. The van der Waals surface area contributed by atoms with Gasteiger partial charge in [0, 0.05) is 32.5 Å². The van der Waals surface area contributed by atoms with E-state index in [9.17, 15) is 0 Å². The lowest BCUT2D eigenvalue weighted by Gasteiger charge is -2.21. The van der Waals surface area contributed by atoms with Crippen LogP contribution in [0.3, 0.4) is 0 Å². The van der Waals surface area contributed by atoms with Crippen molar-refractivity contribution in [1.29, 1.82) is 0 Å². The first-order chi connectivity index (χ1) is 3.71. The third-order valence-corrected chi connectivity index (χ3v) is 3.87. The molecule has 1 aliphatic rings. The van der Waals surface area contributed by atoms with Crippen LogP contribution in [0.2, 0.25) is 0 Å². The van der Waals surface area contributed by atoms with Crippen molar-refractivity contribution < 1.29 is 0 Å². The van der Waals surface area contributed by atoms with Crippen LogP contribution in [0.1, 0.15) is 0 Å². The second-order valence-electron chi connectivity index (χ2n) is 2.96. The highest BCUT2D eigenvalue weighted by atomic mass is 31.2. The lowest BCUT2D eigenvalue weighted by molar-refractivity contribution is 1.80. The van der Waals surface area contributed by atoms with E-state index in [1.807, 2.05) is 0 Å². The summed E-state index contributed by atoms with van der Waals surface area (Å²) in [4.78, 5) is 0. The molecule has 3 radical (unpaired) electrons. The van der Waals surface area contributed by atoms with E-state index in [4.69, 9.17) is 0 Å². The zero-order chi connectivity index (χ0) is 6.04. The quantitative estimate of drug-likeness (QED) is 0.316. The van der Waals surface area contributed by atoms with E-state index in [-0.39, 0.29) is 0 Å². The van der Waals surface area contributed by atoms with Gasteiger partial charge in [-0.1, -0.05) is 0 Å². The van der Waals surface area contributed by atoms with Crippen LogP contribution in [0.25, 0.3) is 0 Å². The molecule has 0 aliphatic carbocycles. The topological polar surface area (TPSA) is 0 Å². The number of hydrogen-bond donors (Lipinski definition) is 0. The Balaban J connectivity index is 2.33. The normalized spacial score (nSPS) is 24.8. The van der Waals surface area contributed by atoms with Gasteiger partial charge in [-0.15, -0.1) is 0 Å². The Hall–Kier alpha value is 0.625. The molecule has 0 bridgehead atoms. The minimum absolute atomic E-state index is 0.479. The van der Waals surface area contributed by atoms with Crippen LogP contribution in [-0.2, 0) is 0 Å². The Morgan fingerprint density at radius 3 is 1.88 bits per heavy atom. The molecule has 1 saturated heterocycles. The van der Waals surface area contributed by atoms with Crippen molar-refractivity contribution in [3.8, 4) is 0 Å². The van der Waals surface area contributed by atoms with Crippen LogP contribution in [0.15, 0.2) is 0 Å². The van der Waals surface area contributed by atoms with Crippen molar-refractivity contribution in [2.24, 2.45) is 0 Å². The summed E-state index contributed by atoms with van der Waals surface area (Å²) in [6.07, 6.45) is 0. The van der Waals surface area contributed by atoms with Gasteiger partial charge in [-0.3, -0.25) is 0 Å². The van der Waals surface area contributed by atoms with E-state index >= 15 is 0 Å². The van der Waals surface area contributed by atoms with Crippen molar-refractivity contribution in [2.75, 3.05) is 25.5 Å². The lowest BCUT2D eigenvalue weighted by Crippen LogP contribution is -2.29. The van der Waals surface area contributed by atoms with Crippen LogP contribution in [0, 0.1) is 0 Å². The van der Waals surface area contributed by atoms with E-state index in [0.717, 1.165) is 0 Å². The van der Waals surface area contributed by atoms with Crippen LogP contribution >= 0.6 is 7.26 Å². The summed E-state index contributed by atoms with van der Waals surface area (Å²) in [5.74, 6) is 0. The van der Waals surface area contributed by atoms with Gasteiger partial charge in [-0.25, -0.2) is 0 Å². The molecular weight excluding hydrogens is 111 g/mol. The Morgan fingerprint density at radius 2 is 1.62 bits per heavy atom. The molecular formula is C4H10B3P+. The highest BCUT2D eigenvalue weighted by Crippen LogP contribution is 2.50. The van der Waals surface area contributed by atoms with Gasteiger partial charge in [0.25, 0.3) is 0 Å². The van der Waals surface area contributed by atoms with E-state index in [0.29, 0.717) is 0 Å². The van der Waals surface area contributed by atoms with Gasteiger partial charge >= 0.3 is 0 Å². The molecule has 0 aromatic rings. The van der Waals surface area contributed by atoms with Crippen LogP contribution in [0.4, 0.5) is 0 Å². The predicted octanol–water partition coefficient (Wildman–Crippen LogP) is 0.135. The van der Waals surface area contributed by atoms with E-state index < -0.39 is 7.26 Å². The Morgan fingerprint density at radius 1 is 1.12 bits per heavy atom. The summed E-state index contributed by atoms with van der Waals surface area (Å²) in [6, 6.07) is 2.70. The molecule has 0 amide bonds. The van der Waals surface area contributed by atoms with Crippen molar-refractivity contribution in [3.63, 3.8) is 0 Å². The molecule has 1 rings (SSSR count). The maximum Gasteiger partial charge on any atom is 0.107 e. The van der Waals surface area contributed by atoms with E-state index in [1.54, 1.807) is 0 Å². The van der Waals surface area contributed by atoms with Crippen LogP contribution in [0.5, 0.6) is 0 Å². The summed E-state index contributed by atoms with van der Waals surface area (Å²) < 4.78 is 0. The molecule has 39 valence electrons. The largest absolute Gasteiger partial charge is 0.107 e. The predicted molar refractivity (Wildman–Crippen MR) is 45.8 cm³/mol. The van der Waals surface area contributed by atoms with Gasteiger partial charge in [0.05, 0.1) is 0 Å². The lowest BCUT2D eigenvalue weighted by atomic mass is 9.20. The molecule has 0 N–H and O–H groups in total. The fraction of sp³-hybridized carbons (Fsp3) is 1.00. The van der Waals surface area contributed by atoms with E-state index in [1.165, 1.54) is 12.1 Å². The fourth-order valence-corrected chi connectivity index (χ4v) is 2.40. The molecule has 4 heteroatoms.